The van der Waals surface area contributed by atoms with E-state index in [1.54, 1.807) is 0 Å². The maximum absolute atomic E-state index is 12.4. The third-order valence-electron chi connectivity index (χ3n) is 5.50. The Balaban J connectivity index is 1.73. The van der Waals surface area contributed by atoms with Crippen molar-refractivity contribution >= 4 is 16.9 Å². The fourth-order valence-corrected chi connectivity index (χ4v) is 4.24. The van der Waals surface area contributed by atoms with Crippen LogP contribution in [0.5, 0.6) is 0 Å². The van der Waals surface area contributed by atoms with Crippen molar-refractivity contribution in [1.29, 1.82) is 0 Å². The number of amides is 1. The van der Waals surface area contributed by atoms with Gasteiger partial charge >= 0.3 is 0 Å². The van der Waals surface area contributed by atoms with Gasteiger partial charge in [0.25, 0.3) is 5.91 Å². The molecule has 1 amide bonds. The molecule has 0 bridgehead atoms. The maximum Gasteiger partial charge on any atom is 0.253 e. The number of likely N-dealkylation sites (N-methyl/N-ethyl adjacent to an activating group) is 1. The van der Waals surface area contributed by atoms with Gasteiger partial charge < -0.3 is 14.8 Å². The second kappa shape index (κ2) is 7.76. The minimum absolute atomic E-state index is 0.0164. The highest BCUT2D eigenvalue weighted by Gasteiger charge is 2.22. The summed E-state index contributed by atoms with van der Waals surface area (Å²) in [6.45, 7) is 4.65. The monoisotopic (exact) mass is 376 g/mol. The van der Waals surface area contributed by atoms with Crippen LogP contribution in [0.15, 0.2) is 42.5 Å². The van der Waals surface area contributed by atoms with E-state index in [0.717, 1.165) is 35.5 Å². The highest BCUT2D eigenvalue weighted by atomic mass is 16.1. The molecule has 2 aromatic carbocycles. The van der Waals surface area contributed by atoms with E-state index < -0.39 is 0 Å². The SMILES string of the molecule is CCCC(CN(C)C)c1ccc(-c2nc3cccc4c3n2CCNC4=O)cc1. The van der Waals surface area contributed by atoms with Crippen LogP contribution in [0.3, 0.4) is 0 Å². The fraction of sp³-hybridized carbons (Fsp3) is 0.391. The average Bonchev–Trinajstić information content (AvgIpc) is 2.97. The summed E-state index contributed by atoms with van der Waals surface area (Å²) in [5.41, 5.74) is 5.00. The molecule has 0 radical (unpaired) electrons. The standard InChI is InChI=1S/C23H28N4O/c1-4-6-18(15-26(2)3)16-9-11-17(12-10-16)22-25-20-8-5-7-19-21(20)27(22)14-13-24-23(19)28/h5,7-12,18H,4,6,13-15H2,1-3H3,(H,24,28). The normalized spacial score (nSPS) is 14.9. The number of benzene rings is 2. The highest BCUT2D eigenvalue weighted by Crippen LogP contribution is 2.30. The van der Waals surface area contributed by atoms with Crippen molar-refractivity contribution in [2.45, 2.75) is 32.2 Å². The molecule has 4 rings (SSSR count). The van der Waals surface area contributed by atoms with Gasteiger partial charge in [-0.2, -0.15) is 0 Å². The summed E-state index contributed by atoms with van der Waals surface area (Å²) in [5.74, 6) is 1.46. The summed E-state index contributed by atoms with van der Waals surface area (Å²) in [6.07, 6.45) is 2.37. The van der Waals surface area contributed by atoms with Gasteiger partial charge in [0.15, 0.2) is 0 Å². The Morgan fingerprint density at radius 2 is 1.96 bits per heavy atom. The average molecular weight is 377 g/mol. The molecule has 5 nitrogen and oxygen atoms in total. The van der Waals surface area contributed by atoms with Gasteiger partial charge in [0.05, 0.1) is 16.6 Å². The molecule has 146 valence electrons. The summed E-state index contributed by atoms with van der Waals surface area (Å²) < 4.78 is 2.18. The zero-order chi connectivity index (χ0) is 19.7. The van der Waals surface area contributed by atoms with Crippen molar-refractivity contribution in [2.24, 2.45) is 0 Å². The zero-order valence-corrected chi connectivity index (χ0v) is 16.9. The molecule has 1 N–H and O–H groups in total. The van der Waals surface area contributed by atoms with Crippen molar-refractivity contribution in [3.63, 3.8) is 0 Å². The molecule has 3 aromatic rings. The lowest BCUT2D eigenvalue weighted by molar-refractivity contribution is 0.0956. The lowest BCUT2D eigenvalue weighted by atomic mass is 9.93. The van der Waals surface area contributed by atoms with E-state index in [-0.39, 0.29) is 5.91 Å². The molecule has 0 saturated heterocycles. The molecule has 0 saturated carbocycles. The molecular weight excluding hydrogens is 348 g/mol. The summed E-state index contributed by atoms with van der Waals surface area (Å²) in [7, 11) is 4.27. The number of aromatic nitrogens is 2. The number of rotatable bonds is 6. The van der Waals surface area contributed by atoms with Gasteiger partial charge in [-0.25, -0.2) is 4.98 Å². The third-order valence-corrected chi connectivity index (χ3v) is 5.50. The lowest BCUT2D eigenvalue weighted by Gasteiger charge is -2.21. The number of hydrogen-bond donors (Lipinski definition) is 1. The first-order valence-corrected chi connectivity index (χ1v) is 10.1. The van der Waals surface area contributed by atoms with Crippen LogP contribution in [-0.4, -0.2) is 47.5 Å². The first-order valence-electron chi connectivity index (χ1n) is 10.1. The molecule has 1 aliphatic heterocycles. The van der Waals surface area contributed by atoms with Crippen molar-refractivity contribution in [3.05, 3.63) is 53.6 Å². The Kier molecular flexibility index (Phi) is 5.18. The minimum atomic E-state index is -0.0164. The topological polar surface area (TPSA) is 50.2 Å². The van der Waals surface area contributed by atoms with Crippen LogP contribution >= 0.6 is 0 Å². The molecule has 5 heteroatoms. The van der Waals surface area contributed by atoms with E-state index in [1.165, 1.54) is 18.4 Å². The van der Waals surface area contributed by atoms with E-state index in [1.807, 2.05) is 18.2 Å². The van der Waals surface area contributed by atoms with Crippen molar-refractivity contribution < 1.29 is 4.79 Å². The summed E-state index contributed by atoms with van der Waals surface area (Å²) in [4.78, 5) is 19.5. The minimum Gasteiger partial charge on any atom is -0.350 e. The third kappa shape index (κ3) is 3.42. The molecule has 1 aromatic heterocycles. The van der Waals surface area contributed by atoms with Crippen molar-refractivity contribution in [1.82, 2.24) is 19.8 Å². The van der Waals surface area contributed by atoms with Gasteiger partial charge in [-0.15, -0.1) is 0 Å². The van der Waals surface area contributed by atoms with Crippen LogP contribution in [0, 0.1) is 0 Å². The Hall–Kier alpha value is -2.66. The van der Waals surface area contributed by atoms with Crippen molar-refractivity contribution in [2.75, 3.05) is 27.2 Å². The predicted octanol–water partition coefficient (Wildman–Crippen LogP) is 3.89. The summed E-state index contributed by atoms with van der Waals surface area (Å²) >= 11 is 0. The number of hydrogen-bond acceptors (Lipinski definition) is 3. The van der Waals surface area contributed by atoms with Gasteiger partial charge in [0.1, 0.15) is 5.82 Å². The van der Waals surface area contributed by atoms with Crippen LogP contribution in [-0.2, 0) is 6.54 Å². The molecule has 1 unspecified atom stereocenters. The maximum atomic E-state index is 12.4. The quantitative estimate of drug-likeness (QED) is 0.710. The van der Waals surface area contributed by atoms with Crippen LogP contribution < -0.4 is 5.32 Å². The van der Waals surface area contributed by atoms with Crippen LogP contribution in [0.4, 0.5) is 0 Å². The van der Waals surface area contributed by atoms with Gasteiger partial charge in [0.2, 0.25) is 0 Å². The Morgan fingerprint density at radius 1 is 1.18 bits per heavy atom. The molecular formula is C23H28N4O. The van der Waals surface area contributed by atoms with E-state index in [9.17, 15) is 4.79 Å². The van der Waals surface area contributed by atoms with Crippen LogP contribution in [0.2, 0.25) is 0 Å². The summed E-state index contributed by atoms with van der Waals surface area (Å²) in [6, 6.07) is 14.6. The number of imidazole rings is 1. The lowest BCUT2D eigenvalue weighted by Crippen LogP contribution is -2.24. The first kappa shape index (κ1) is 18.7. The molecule has 1 atom stereocenters. The number of para-hydroxylation sites is 1. The molecule has 2 heterocycles. The van der Waals surface area contributed by atoms with E-state index >= 15 is 0 Å². The Morgan fingerprint density at radius 3 is 2.68 bits per heavy atom. The largest absolute Gasteiger partial charge is 0.350 e. The van der Waals surface area contributed by atoms with E-state index in [2.05, 4.69) is 60.1 Å². The van der Waals surface area contributed by atoms with E-state index in [4.69, 9.17) is 4.98 Å². The van der Waals surface area contributed by atoms with Gasteiger partial charge in [0, 0.05) is 25.2 Å². The molecule has 28 heavy (non-hydrogen) atoms. The number of nitrogens with one attached hydrogen (secondary N) is 1. The predicted molar refractivity (Wildman–Crippen MR) is 114 cm³/mol. The van der Waals surface area contributed by atoms with E-state index in [0.29, 0.717) is 18.0 Å². The smallest absolute Gasteiger partial charge is 0.253 e. The van der Waals surface area contributed by atoms with Gasteiger partial charge in [-0.05, 0) is 44.1 Å². The van der Waals surface area contributed by atoms with Gasteiger partial charge in [-0.3, -0.25) is 4.79 Å². The fourth-order valence-electron chi connectivity index (χ4n) is 4.24. The second-order valence-corrected chi connectivity index (χ2v) is 7.89. The molecule has 0 spiro atoms. The molecule has 1 aliphatic rings. The van der Waals surface area contributed by atoms with Gasteiger partial charge in [-0.1, -0.05) is 43.7 Å². The molecule has 0 aliphatic carbocycles. The van der Waals surface area contributed by atoms with Crippen LogP contribution in [0.25, 0.3) is 22.4 Å². The first-order chi connectivity index (χ1) is 13.6. The highest BCUT2D eigenvalue weighted by molar-refractivity contribution is 6.06. The number of carbonyl (C=O) groups is 1. The Bertz CT molecular complexity index is 988. The Labute approximate surface area is 166 Å². The second-order valence-electron chi connectivity index (χ2n) is 7.89. The number of carbonyl (C=O) groups excluding carboxylic acids is 1. The number of nitrogens with zero attached hydrogens (tertiary/aromatic N) is 3. The van der Waals surface area contributed by atoms with Crippen LogP contribution in [0.1, 0.15) is 41.6 Å². The molecule has 0 fully saturated rings. The zero-order valence-electron chi connectivity index (χ0n) is 16.9. The summed E-state index contributed by atoms with van der Waals surface area (Å²) in [5, 5.41) is 2.98. The van der Waals surface area contributed by atoms with Crippen molar-refractivity contribution in [3.8, 4) is 11.4 Å².